The zero-order valence-electron chi connectivity index (χ0n) is 9.13. The van der Waals surface area contributed by atoms with Crippen LogP contribution in [0.4, 0.5) is 0 Å². The molecule has 1 nitrogen and oxygen atoms in total. The summed E-state index contributed by atoms with van der Waals surface area (Å²) in [4.78, 5) is 0. The minimum absolute atomic E-state index is 0.346. The van der Waals surface area contributed by atoms with Crippen molar-refractivity contribution in [2.45, 2.75) is 29.7 Å². The number of benzene rings is 1. The van der Waals surface area contributed by atoms with Crippen molar-refractivity contribution in [3.8, 4) is 0 Å². The van der Waals surface area contributed by atoms with Gasteiger partial charge in [0.05, 0.1) is 6.61 Å². The van der Waals surface area contributed by atoms with E-state index in [2.05, 4.69) is 12.1 Å². The molecule has 90 valence electrons. The van der Waals surface area contributed by atoms with E-state index >= 15 is 0 Å². The van der Waals surface area contributed by atoms with Crippen LogP contribution in [-0.2, 0) is 11.2 Å². The van der Waals surface area contributed by atoms with E-state index in [1.807, 2.05) is 25.1 Å². The van der Waals surface area contributed by atoms with Crippen LogP contribution in [0, 0.1) is 0 Å². The van der Waals surface area contributed by atoms with Gasteiger partial charge in [-0.3, -0.25) is 0 Å². The lowest BCUT2D eigenvalue weighted by atomic mass is 10.2. The normalized spacial score (nSPS) is 13.8. The van der Waals surface area contributed by atoms with Gasteiger partial charge in [-0.15, -0.1) is 0 Å². The predicted molar refractivity (Wildman–Crippen MR) is 70.5 cm³/mol. The maximum Gasteiger partial charge on any atom is 0.216 e. The molecule has 0 amide bonds. The van der Waals surface area contributed by atoms with Crippen molar-refractivity contribution in [2.75, 3.05) is 6.61 Å². The molecule has 0 aliphatic heterocycles. The first-order valence-electron chi connectivity index (χ1n) is 5.26. The molecule has 0 aliphatic rings. The Bertz CT molecular complexity index is 295. The summed E-state index contributed by atoms with van der Waals surface area (Å²) in [6.07, 6.45) is 1.17. The second kappa shape index (κ2) is 6.70. The van der Waals surface area contributed by atoms with Crippen LogP contribution in [0.5, 0.6) is 0 Å². The Labute approximate surface area is 112 Å². The molecule has 0 saturated carbocycles. The first kappa shape index (κ1) is 14.1. The molecule has 0 aliphatic carbocycles. The summed E-state index contributed by atoms with van der Waals surface area (Å²) in [6, 6.07) is 10.1. The quantitative estimate of drug-likeness (QED) is 0.727. The van der Waals surface area contributed by atoms with Gasteiger partial charge in [0.15, 0.2) is 0 Å². The van der Waals surface area contributed by atoms with Gasteiger partial charge in [-0.05, 0) is 18.4 Å². The Morgan fingerprint density at radius 3 is 2.31 bits per heavy atom. The molecule has 0 heterocycles. The second-order valence-electron chi connectivity index (χ2n) is 3.54. The minimum atomic E-state index is -1.34. The Kier molecular flexibility index (Phi) is 5.91. The number of ether oxygens (including phenoxy) is 1. The highest BCUT2D eigenvalue weighted by Gasteiger charge is 2.31. The molecule has 1 unspecified atom stereocenters. The number of hydrogen-bond donors (Lipinski definition) is 0. The van der Waals surface area contributed by atoms with Crippen molar-refractivity contribution in [1.82, 2.24) is 0 Å². The summed E-state index contributed by atoms with van der Waals surface area (Å²) in [5.74, 6) is 0. The van der Waals surface area contributed by atoms with Crippen LogP contribution in [0.1, 0.15) is 18.9 Å². The van der Waals surface area contributed by atoms with Crippen LogP contribution in [0.25, 0.3) is 0 Å². The molecule has 1 aromatic rings. The van der Waals surface area contributed by atoms with Gasteiger partial charge in [-0.2, -0.15) is 0 Å². The minimum Gasteiger partial charge on any atom is -0.373 e. The van der Waals surface area contributed by atoms with Crippen LogP contribution in [0.3, 0.4) is 0 Å². The molecule has 0 radical (unpaired) electrons. The average molecular weight is 282 g/mol. The SMILES string of the molecule is CCC(OCCc1ccccc1)C(Cl)(Cl)Cl. The van der Waals surface area contributed by atoms with Crippen LogP contribution in [0.15, 0.2) is 30.3 Å². The maximum absolute atomic E-state index is 5.79. The second-order valence-corrected chi connectivity index (χ2v) is 5.91. The van der Waals surface area contributed by atoms with Crippen LogP contribution in [-0.4, -0.2) is 16.5 Å². The van der Waals surface area contributed by atoms with E-state index in [1.54, 1.807) is 0 Å². The van der Waals surface area contributed by atoms with Crippen LogP contribution in [0.2, 0.25) is 0 Å². The van der Waals surface area contributed by atoms with Gasteiger partial charge >= 0.3 is 0 Å². The molecular formula is C12H15Cl3O. The van der Waals surface area contributed by atoms with E-state index < -0.39 is 3.79 Å². The Hall–Kier alpha value is 0.0500. The molecule has 1 rings (SSSR count). The molecule has 1 aromatic carbocycles. The smallest absolute Gasteiger partial charge is 0.216 e. The molecule has 1 atom stereocenters. The number of rotatable bonds is 5. The third kappa shape index (κ3) is 4.92. The van der Waals surface area contributed by atoms with Crippen molar-refractivity contribution in [2.24, 2.45) is 0 Å². The highest BCUT2D eigenvalue weighted by Crippen LogP contribution is 2.33. The van der Waals surface area contributed by atoms with E-state index in [-0.39, 0.29) is 6.10 Å². The van der Waals surface area contributed by atoms with Crippen molar-refractivity contribution in [3.63, 3.8) is 0 Å². The van der Waals surface area contributed by atoms with Crippen LogP contribution >= 0.6 is 34.8 Å². The van der Waals surface area contributed by atoms with Gasteiger partial charge in [0.2, 0.25) is 3.79 Å². The molecule has 0 aromatic heterocycles. The zero-order chi connectivity index (χ0) is 12.0. The van der Waals surface area contributed by atoms with E-state index in [0.29, 0.717) is 13.0 Å². The molecule has 0 N–H and O–H groups in total. The lowest BCUT2D eigenvalue weighted by molar-refractivity contribution is 0.0555. The average Bonchev–Trinajstić information content (AvgIpc) is 2.24. The van der Waals surface area contributed by atoms with Gasteiger partial charge in [-0.1, -0.05) is 72.1 Å². The van der Waals surface area contributed by atoms with Crippen molar-refractivity contribution in [1.29, 1.82) is 0 Å². The van der Waals surface area contributed by atoms with Crippen molar-refractivity contribution in [3.05, 3.63) is 35.9 Å². The number of hydrogen-bond acceptors (Lipinski definition) is 1. The summed E-state index contributed by atoms with van der Waals surface area (Å²) in [5.41, 5.74) is 1.22. The Balaban J connectivity index is 2.35. The lowest BCUT2D eigenvalue weighted by Crippen LogP contribution is -2.28. The fourth-order valence-electron chi connectivity index (χ4n) is 1.41. The predicted octanol–water partition coefficient (Wildman–Crippen LogP) is 4.39. The van der Waals surface area contributed by atoms with Gasteiger partial charge < -0.3 is 4.74 Å². The highest BCUT2D eigenvalue weighted by molar-refractivity contribution is 6.68. The van der Waals surface area contributed by atoms with Crippen molar-refractivity contribution < 1.29 is 4.74 Å². The topological polar surface area (TPSA) is 9.23 Å². The number of halogens is 3. The molecule has 0 saturated heterocycles. The van der Waals surface area contributed by atoms with E-state index in [4.69, 9.17) is 39.5 Å². The molecular weight excluding hydrogens is 266 g/mol. The van der Waals surface area contributed by atoms with E-state index in [9.17, 15) is 0 Å². The van der Waals surface area contributed by atoms with Gasteiger partial charge in [-0.25, -0.2) is 0 Å². The summed E-state index contributed by atoms with van der Waals surface area (Å²) >= 11 is 17.4. The number of alkyl halides is 3. The monoisotopic (exact) mass is 280 g/mol. The fourth-order valence-corrected chi connectivity index (χ4v) is 2.06. The highest BCUT2D eigenvalue weighted by atomic mass is 35.6. The van der Waals surface area contributed by atoms with E-state index in [0.717, 1.165) is 6.42 Å². The van der Waals surface area contributed by atoms with Gasteiger partial charge in [0.1, 0.15) is 6.10 Å². The Morgan fingerprint density at radius 2 is 1.81 bits per heavy atom. The van der Waals surface area contributed by atoms with Crippen molar-refractivity contribution >= 4 is 34.8 Å². The summed E-state index contributed by atoms with van der Waals surface area (Å²) < 4.78 is 4.22. The van der Waals surface area contributed by atoms with Crippen LogP contribution < -0.4 is 0 Å². The zero-order valence-corrected chi connectivity index (χ0v) is 11.4. The molecule has 4 heteroatoms. The maximum atomic E-state index is 5.79. The van der Waals surface area contributed by atoms with Gasteiger partial charge in [0.25, 0.3) is 0 Å². The summed E-state index contributed by atoms with van der Waals surface area (Å²) in [5, 5.41) is 0. The largest absolute Gasteiger partial charge is 0.373 e. The molecule has 0 spiro atoms. The van der Waals surface area contributed by atoms with Gasteiger partial charge in [0, 0.05) is 0 Å². The first-order chi connectivity index (χ1) is 7.54. The Morgan fingerprint density at radius 1 is 1.19 bits per heavy atom. The summed E-state index contributed by atoms with van der Waals surface area (Å²) in [7, 11) is 0. The standard InChI is InChI=1S/C12H15Cl3O/c1-2-11(12(13,14)15)16-9-8-10-6-4-3-5-7-10/h3-7,11H,2,8-9H2,1H3. The molecule has 0 fully saturated rings. The third-order valence-electron chi connectivity index (χ3n) is 2.29. The summed E-state index contributed by atoms with van der Waals surface area (Å²) in [6.45, 7) is 2.51. The fraction of sp³-hybridized carbons (Fsp3) is 0.500. The lowest BCUT2D eigenvalue weighted by Gasteiger charge is -2.23. The first-order valence-corrected chi connectivity index (χ1v) is 6.39. The third-order valence-corrected chi connectivity index (χ3v) is 3.02. The van der Waals surface area contributed by atoms with E-state index in [1.165, 1.54) is 5.56 Å². The molecule has 16 heavy (non-hydrogen) atoms. The molecule has 0 bridgehead atoms.